The molecule has 3 heteroatoms. The summed E-state index contributed by atoms with van der Waals surface area (Å²) < 4.78 is 6.77. The van der Waals surface area contributed by atoms with Gasteiger partial charge in [0.05, 0.1) is 10.6 Å². The van der Waals surface area contributed by atoms with E-state index in [-0.39, 0.29) is 5.75 Å². The Morgan fingerprint density at radius 3 is 2.67 bits per heavy atom. The Labute approximate surface area is 98.4 Å². The molecule has 2 rings (SSSR count). The molecular formula is C12H15BrO2. The lowest BCUT2D eigenvalue weighted by Crippen LogP contribution is -2.19. The SMILES string of the molecule is Oc1ccc(Br)c(OC2CCCCC2)c1. The number of ether oxygens (including phenoxy) is 1. The summed E-state index contributed by atoms with van der Waals surface area (Å²) in [6.07, 6.45) is 6.39. The minimum absolute atomic E-state index is 0.254. The maximum Gasteiger partial charge on any atom is 0.137 e. The monoisotopic (exact) mass is 270 g/mol. The number of hydrogen-bond acceptors (Lipinski definition) is 2. The van der Waals surface area contributed by atoms with E-state index in [2.05, 4.69) is 15.9 Å². The van der Waals surface area contributed by atoms with E-state index in [4.69, 9.17) is 4.74 Å². The van der Waals surface area contributed by atoms with E-state index in [0.717, 1.165) is 23.1 Å². The molecular weight excluding hydrogens is 256 g/mol. The smallest absolute Gasteiger partial charge is 0.137 e. The van der Waals surface area contributed by atoms with Crippen LogP contribution in [-0.2, 0) is 0 Å². The third kappa shape index (κ3) is 2.88. The van der Waals surface area contributed by atoms with E-state index < -0.39 is 0 Å². The first-order valence-corrected chi connectivity index (χ1v) is 6.20. The fraction of sp³-hybridized carbons (Fsp3) is 0.500. The summed E-state index contributed by atoms with van der Waals surface area (Å²) in [5.41, 5.74) is 0. The number of benzene rings is 1. The van der Waals surface area contributed by atoms with E-state index in [9.17, 15) is 5.11 Å². The summed E-state index contributed by atoms with van der Waals surface area (Å²) in [4.78, 5) is 0. The number of halogens is 1. The lowest BCUT2D eigenvalue weighted by molar-refractivity contribution is 0.153. The van der Waals surface area contributed by atoms with Crippen LogP contribution in [0.1, 0.15) is 32.1 Å². The minimum atomic E-state index is 0.254. The third-order valence-corrected chi connectivity index (χ3v) is 3.42. The topological polar surface area (TPSA) is 29.5 Å². The number of aromatic hydroxyl groups is 1. The quantitative estimate of drug-likeness (QED) is 0.884. The lowest BCUT2D eigenvalue weighted by atomic mass is 9.98. The molecule has 1 saturated carbocycles. The Morgan fingerprint density at radius 2 is 1.93 bits per heavy atom. The zero-order chi connectivity index (χ0) is 10.7. The molecule has 0 radical (unpaired) electrons. The molecule has 0 aliphatic heterocycles. The highest BCUT2D eigenvalue weighted by atomic mass is 79.9. The van der Waals surface area contributed by atoms with Crippen molar-refractivity contribution >= 4 is 15.9 Å². The van der Waals surface area contributed by atoms with Gasteiger partial charge < -0.3 is 9.84 Å². The fourth-order valence-electron chi connectivity index (χ4n) is 1.94. The van der Waals surface area contributed by atoms with Gasteiger partial charge in [-0.1, -0.05) is 6.42 Å². The molecule has 0 saturated heterocycles. The van der Waals surface area contributed by atoms with Crippen LogP contribution in [0.15, 0.2) is 22.7 Å². The van der Waals surface area contributed by atoms with Crippen LogP contribution in [-0.4, -0.2) is 11.2 Å². The van der Waals surface area contributed by atoms with Gasteiger partial charge in [0.15, 0.2) is 0 Å². The first-order valence-electron chi connectivity index (χ1n) is 5.41. The standard InChI is InChI=1S/C12H15BrO2/c13-11-7-6-9(14)8-12(11)15-10-4-2-1-3-5-10/h6-8,10,14H,1-5H2. The summed E-state index contributed by atoms with van der Waals surface area (Å²) in [5.74, 6) is 1.01. The zero-order valence-electron chi connectivity index (χ0n) is 8.58. The highest BCUT2D eigenvalue weighted by Gasteiger charge is 2.16. The van der Waals surface area contributed by atoms with E-state index >= 15 is 0 Å². The van der Waals surface area contributed by atoms with Crippen LogP contribution < -0.4 is 4.74 Å². The van der Waals surface area contributed by atoms with Gasteiger partial charge in [-0.15, -0.1) is 0 Å². The number of rotatable bonds is 2. The summed E-state index contributed by atoms with van der Waals surface area (Å²) in [7, 11) is 0. The molecule has 0 atom stereocenters. The van der Waals surface area contributed by atoms with Crippen molar-refractivity contribution in [2.75, 3.05) is 0 Å². The van der Waals surface area contributed by atoms with Gasteiger partial charge in [-0.05, 0) is 53.7 Å². The lowest BCUT2D eigenvalue weighted by Gasteiger charge is -2.23. The third-order valence-electron chi connectivity index (χ3n) is 2.76. The average Bonchev–Trinajstić information content (AvgIpc) is 2.25. The fourth-order valence-corrected chi connectivity index (χ4v) is 2.28. The molecule has 1 aliphatic rings. The van der Waals surface area contributed by atoms with Crippen molar-refractivity contribution in [1.82, 2.24) is 0 Å². The van der Waals surface area contributed by atoms with Gasteiger partial charge in [-0.25, -0.2) is 0 Å². The van der Waals surface area contributed by atoms with E-state index in [1.165, 1.54) is 19.3 Å². The minimum Gasteiger partial charge on any atom is -0.508 e. The first-order chi connectivity index (χ1) is 7.25. The van der Waals surface area contributed by atoms with E-state index in [0.29, 0.717) is 6.10 Å². The molecule has 1 aromatic carbocycles. The van der Waals surface area contributed by atoms with Crippen LogP contribution in [0.5, 0.6) is 11.5 Å². The molecule has 0 bridgehead atoms. The Morgan fingerprint density at radius 1 is 1.20 bits per heavy atom. The largest absolute Gasteiger partial charge is 0.508 e. The maximum atomic E-state index is 9.37. The number of phenolic OH excluding ortho intramolecular Hbond substituents is 1. The van der Waals surface area contributed by atoms with Gasteiger partial charge in [-0.2, -0.15) is 0 Å². The van der Waals surface area contributed by atoms with Crippen LogP contribution in [0.2, 0.25) is 0 Å². The summed E-state index contributed by atoms with van der Waals surface area (Å²) in [5, 5.41) is 9.37. The normalized spacial score (nSPS) is 17.7. The van der Waals surface area contributed by atoms with Crippen LogP contribution in [0.4, 0.5) is 0 Å². The maximum absolute atomic E-state index is 9.37. The molecule has 0 heterocycles. The average molecular weight is 271 g/mol. The molecule has 0 unspecified atom stereocenters. The Bertz CT molecular complexity index is 332. The molecule has 0 aromatic heterocycles. The molecule has 1 N–H and O–H groups in total. The van der Waals surface area contributed by atoms with Crippen LogP contribution >= 0.6 is 15.9 Å². The second-order valence-electron chi connectivity index (χ2n) is 3.99. The van der Waals surface area contributed by atoms with Gasteiger partial charge in [0.2, 0.25) is 0 Å². The first kappa shape index (κ1) is 10.8. The van der Waals surface area contributed by atoms with Crippen molar-refractivity contribution in [2.45, 2.75) is 38.2 Å². The summed E-state index contributed by atoms with van der Waals surface area (Å²) in [6, 6.07) is 5.13. The molecule has 0 spiro atoms. The van der Waals surface area contributed by atoms with Crippen molar-refractivity contribution in [3.05, 3.63) is 22.7 Å². The van der Waals surface area contributed by atoms with Crippen LogP contribution in [0.3, 0.4) is 0 Å². The second-order valence-corrected chi connectivity index (χ2v) is 4.85. The molecule has 2 nitrogen and oxygen atoms in total. The zero-order valence-corrected chi connectivity index (χ0v) is 10.2. The van der Waals surface area contributed by atoms with Crippen molar-refractivity contribution in [2.24, 2.45) is 0 Å². The van der Waals surface area contributed by atoms with Gasteiger partial charge >= 0.3 is 0 Å². The Balaban J connectivity index is 2.05. The predicted molar refractivity (Wildman–Crippen MR) is 63.3 cm³/mol. The van der Waals surface area contributed by atoms with Crippen LogP contribution in [0, 0.1) is 0 Å². The number of hydrogen-bond donors (Lipinski definition) is 1. The van der Waals surface area contributed by atoms with Crippen LogP contribution in [0.25, 0.3) is 0 Å². The van der Waals surface area contributed by atoms with Gasteiger partial charge in [-0.3, -0.25) is 0 Å². The van der Waals surface area contributed by atoms with Crippen molar-refractivity contribution in [1.29, 1.82) is 0 Å². The molecule has 1 aromatic rings. The van der Waals surface area contributed by atoms with Crippen molar-refractivity contribution in [3.8, 4) is 11.5 Å². The summed E-state index contributed by atoms with van der Waals surface area (Å²) >= 11 is 3.42. The second kappa shape index (κ2) is 4.88. The summed E-state index contributed by atoms with van der Waals surface area (Å²) in [6.45, 7) is 0. The Hall–Kier alpha value is -0.700. The van der Waals surface area contributed by atoms with Gasteiger partial charge in [0.1, 0.15) is 11.5 Å². The molecule has 0 amide bonds. The molecule has 15 heavy (non-hydrogen) atoms. The van der Waals surface area contributed by atoms with Gasteiger partial charge in [0, 0.05) is 6.07 Å². The van der Waals surface area contributed by atoms with Crippen molar-refractivity contribution < 1.29 is 9.84 Å². The van der Waals surface area contributed by atoms with E-state index in [1.807, 2.05) is 6.07 Å². The highest BCUT2D eigenvalue weighted by molar-refractivity contribution is 9.10. The van der Waals surface area contributed by atoms with Crippen molar-refractivity contribution in [3.63, 3.8) is 0 Å². The van der Waals surface area contributed by atoms with Gasteiger partial charge in [0.25, 0.3) is 0 Å². The van der Waals surface area contributed by atoms with E-state index in [1.54, 1.807) is 12.1 Å². The Kier molecular flexibility index (Phi) is 3.52. The predicted octanol–water partition coefficient (Wildman–Crippen LogP) is 3.87. The molecule has 1 aliphatic carbocycles. The molecule has 82 valence electrons. The highest BCUT2D eigenvalue weighted by Crippen LogP contribution is 2.32. The number of phenols is 1. The molecule has 1 fully saturated rings.